The minimum Gasteiger partial charge on any atom is -0.497 e. The monoisotopic (exact) mass is 391 g/mol. The van der Waals surface area contributed by atoms with Gasteiger partial charge in [0.15, 0.2) is 6.10 Å². The van der Waals surface area contributed by atoms with Crippen LogP contribution in [0.4, 0.5) is 0 Å². The Balaban J connectivity index is 2.21. The summed E-state index contributed by atoms with van der Waals surface area (Å²) in [5.74, 6) is -0.460. The van der Waals surface area contributed by atoms with Crippen LogP contribution in [0.2, 0.25) is 5.02 Å². The Morgan fingerprint density at radius 2 is 1.85 bits per heavy atom. The van der Waals surface area contributed by atoms with Crippen molar-refractivity contribution in [3.05, 3.63) is 59.1 Å². The molecule has 6 nitrogen and oxygen atoms in total. The SMILES string of the molecule is COc1cccc(C(C)(CC(=O)O)NC(=O)C(C)Oc2cccc(Cl)c2)c1. The van der Waals surface area contributed by atoms with Crippen LogP contribution in [0.15, 0.2) is 48.5 Å². The summed E-state index contributed by atoms with van der Waals surface area (Å²) in [4.78, 5) is 24.1. The third-order valence-electron chi connectivity index (χ3n) is 4.09. The number of carboxylic acid groups (broad SMARTS) is 1. The quantitative estimate of drug-likeness (QED) is 0.717. The molecule has 2 aromatic carbocycles. The number of rotatable bonds is 8. The lowest BCUT2D eigenvalue weighted by Gasteiger charge is -2.31. The Morgan fingerprint density at radius 3 is 2.48 bits per heavy atom. The fraction of sp³-hybridized carbons (Fsp3) is 0.300. The molecule has 0 fully saturated rings. The smallest absolute Gasteiger partial charge is 0.306 e. The molecule has 0 saturated carbocycles. The number of carbonyl (C=O) groups is 2. The molecule has 0 aliphatic rings. The lowest BCUT2D eigenvalue weighted by molar-refractivity contribution is -0.139. The summed E-state index contributed by atoms with van der Waals surface area (Å²) in [6, 6.07) is 13.6. The Labute approximate surface area is 163 Å². The molecule has 27 heavy (non-hydrogen) atoms. The standard InChI is InChI=1S/C20H22ClNO5/c1-13(27-17-9-5-7-15(21)11-17)19(25)22-20(2,12-18(23)24)14-6-4-8-16(10-14)26-3/h4-11,13H,12H2,1-3H3,(H,22,25)(H,23,24). The Bertz CT molecular complexity index is 826. The molecule has 0 radical (unpaired) electrons. The average Bonchev–Trinajstić information content (AvgIpc) is 2.61. The summed E-state index contributed by atoms with van der Waals surface area (Å²) in [7, 11) is 1.52. The lowest BCUT2D eigenvalue weighted by Crippen LogP contribution is -2.49. The van der Waals surface area contributed by atoms with E-state index in [0.717, 1.165) is 0 Å². The number of amides is 1. The Kier molecular flexibility index (Phi) is 6.69. The van der Waals surface area contributed by atoms with Crippen LogP contribution in [0, 0.1) is 0 Å². The molecular weight excluding hydrogens is 370 g/mol. The van der Waals surface area contributed by atoms with E-state index in [2.05, 4.69) is 5.32 Å². The number of aliphatic carboxylic acids is 1. The van der Waals surface area contributed by atoms with E-state index in [4.69, 9.17) is 21.1 Å². The van der Waals surface area contributed by atoms with Crippen LogP contribution in [0.1, 0.15) is 25.8 Å². The molecule has 0 heterocycles. The van der Waals surface area contributed by atoms with Gasteiger partial charge >= 0.3 is 5.97 Å². The van der Waals surface area contributed by atoms with Crippen molar-refractivity contribution in [2.75, 3.05) is 7.11 Å². The van der Waals surface area contributed by atoms with Gasteiger partial charge in [0.2, 0.25) is 0 Å². The van der Waals surface area contributed by atoms with Gasteiger partial charge in [0.25, 0.3) is 5.91 Å². The van der Waals surface area contributed by atoms with Crippen molar-refractivity contribution in [1.82, 2.24) is 5.32 Å². The third-order valence-corrected chi connectivity index (χ3v) is 4.32. The number of hydrogen-bond acceptors (Lipinski definition) is 4. The number of halogens is 1. The predicted molar refractivity (Wildman–Crippen MR) is 102 cm³/mol. The number of nitrogens with one attached hydrogen (secondary N) is 1. The molecule has 0 bridgehead atoms. The lowest BCUT2D eigenvalue weighted by atomic mass is 9.88. The first-order valence-electron chi connectivity index (χ1n) is 8.34. The average molecular weight is 392 g/mol. The van der Waals surface area contributed by atoms with Gasteiger partial charge < -0.3 is 19.9 Å². The van der Waals surface area contributed by atoms with Crippen LogP contribution < -0.4 is 14.8 Å². The third kappa shape index (κ3) is 5.62. The van der Waals surface area contributed by atoms with E-state index in [9.17, 15) is 14.7 Å². The van der Waals surface area contributed by atoms with Crippen molar-refractivity contribution in [2.45, 2.75) is 31.9 Å². The van der Waals surface area contributed by atoms with Crippen LogP contribution >= 0.6 is 11.6 Å². The topological polar surface area (TPSA) is 84.9 Å². The predicted octanol–water partition coefficient (Wildman–Crippen LogP) is 3.62. The van der Waals surface area contributed by atoms with Crippen LogP contribution in [0.5, 0.6) is 11.5 Å². The molecule has 2 N–H and O–H groups in total. The normalized spacial score (nSPS) is 13.9. The number of benzene rings is 2. The van der Waals surface area contributed by atoms with Crippen LogP contribution in [-0.4, -0.2) is 30.2 Å². The highest BCUT2D eigenvalue weighted by molar-refractivity contribution is 6.30. The fourth-order valence-corrected chi connectivity index (χ4v) is 2.84. The molecule has 0 saturated heterocycles. The number of carbonyl (C=O) groups excluding carboxylic acids is 1. The van der Waals surface area contributed by atoms with Gasteiger partial charge in [0.1, 0.15) is 11.5 Å². The van der Waals surface area contributed by atoms with Crippen LogP contribution in [0.25, 0.3) is 0 Å². The number of ether oxygens (including phenoxy) is 2. The maximum absolute atomic E-state index is 12.7. The van der Waals surface area contributed by atoms with Gasteiger partial charge in [-0.15, -0.1) is 0 Å². The fourth-order valence-electron chi connectivity index (χ4n) is 2.66. The maximum atomic E-state index is 12.7. The maximum Gasteiger partial charge on any atom is 0.306 e. The van der Waals surface area contributed by atoms with Gasteiger partial charge in [-0.2, -0.15) is 0 Å². The van der Waals surface area contributed by atoms with Crippen LogP contribution in [0.3, 0.4) is 0 Å². The van der Waals surface area contributed by atoms with Crippen LogP contribution in [-0.2, 0) is 15.1 Å². The zero-order valence-corrected chi connectivity index (χ0v) is 16.1. The van der Waals surface area contributed by atoms with E-state index in [-0.39, 0.29) is 6.42 Å². The van der Waals surface area contributed by atoms with Crippen molar-refractivity contribution >= 4 is 23.5 Å². The van der Waals surface area contributed by atoms with E-state index in [1.165, 1.54) is 7.11 Å². The minimum atomic E-state index is -1.14. The highest BCUT2D eigenvalue weighted by Crippen LogP contribution is 2.28. The molecule has 7 heteroatoms. The summed E-state index contributed by atoms with van der Waals surface area (Å²) in [5.41, 5.74) is -0.517. The highest BCUT2D eigenvalue weighted by atomic mass is 35.5. The van der Waals surface area contributed by atoms with Gasteiger partial charge in [-0.25, -0.2) is 0 Å². The highest BCUT2D eigenvalue weighted by Gasteiger charge is 2.33. The van der Waals surface area contributed by atoms with Crippen molar-refractivity contribution < 1.29 is 24.2 Å². The zero-order chi connectivity index (χ0) is 20.0. The van der Waals surface area contributed by atoms with E-state index < -0.39 is 23.5 Å². The molecule has 0 aliphatic heterocycles. The minimum absolute atomic E-state index is 0.296. The molecule has 0 spiro atoms. The summed E-state index contributed by atoms with van der Waals surface area (Å²) in [5, 5.41) is 12.6. The van der Waals surface area contributed by atoms with Crippen molar-refractivity contribution in [3.8, 4) is 11.5 Å². The van der Waals surface area contributed by atoms with Crippen molar-refractivity contribution in [2.24, 2.45) is 0 Å². The number of methoxy groups -OCH3 is 1. The summed E-state index contributed by atoms with van der Waals surface area (Å²) >= 11 is 5.92. The van der Waals surface area contributed by atoms with E-state index >= 15 is 0 Å². The second kappa shape index (κ2) is 8.77. The second-order valence-corrected chi connectivity index (χ2v) is 6.78. The van der Waals surface area contributed by atoms with Gasteiger partial charge in [-0.1, -0.05) is 29.8 Å². The molecule has 2 atom stereocenters. The number of carboxylic acids is 1. The molecule has 0 aromatic heterocycles. The van der Waals surface area contributed by atoms with Crippen molar-refractivity contribution in [1.29, 1.82) is 0 Å². The summed E-state index contributed by atoms with van der Waals surface area (Å²) < 4.78 is 10.8. The number of hydrogen-bond donors (Lipinski definition) is 2. The zero-order valence-electron chi connectivity index (χ0n) is 15.4. The first-order chi connectivity index (χ1) is 12.7. The second-order valence-electron chi connectivity index (χ2n) is 6.34. The summed E-state index contributed by atoms with van der Waals surface area (Å²) in [6.45, 7) is 3.24. The molecule has 1 amide bonds. The van der Waals surface area contributed by atoms with Gasteiger partial charge in [-0.3, -0.25) is 9.59 Å². The van der Waals surface area contributed by atoms with E-state index in [0.29, 0.717) is 22.1 Å². The Hall–Kier alpha value is -2.73. The first-order valence-corrected chi connectivity index (χ1v) is 8.72. The Morgan fingerprint density at radius 1 is 1.19 bits per heavy atom. The van der Waals surface area contributed by atoms with Crippen molar-refractivity contribution in [3.63, 3.8) is 0 Å². The van der Waals surface area contributed by atoms with E-state index in [1.54, 1.807) is 62.4 Å². The van der Waals surface area contributed by atoms with Gasteiger partial charge in [0, 0.05) is 5.02 Å². The largest absolute Gasteiger partial charge is 0.497 e. The molecule has 2 unspecified atom stereocenters. The molecule has 2 aromatic rings. The molecule has 144 valence electrons. The molecule has 0 aliphatic carbocycles. The van der Waals surface area contributed by atoms with Gasteiger partial charge in [-0.05, 0) is 49.7 Å². The first kappa shape index (κ1) is 20.6. The molecular formula is C20H22ClNO5. The summed E-state index contributed by atoms with van der Waals surface area (Å²) in [6.07, 6.45) is -1.14. The molecule has 2 rings (SSSR count). The van der Waals surface area contributed by atoms with Gasteiger partial charge in [0.05, 0.1) is 19.1 Å². The van der Waals surface area contributed by atoms with E-state index in [1.807, 2.05) is 0 Å².